The van der Waals surface area contributed by atoms with Crippen molar-refractivity contribution in [2.75, 3.05) is 0 Å². The maximum atomic E-state index is 6.27. The fraction of sp³-hybridized carbons (Fsp3) is 0.412. The van der Waals surface area contributed by atoms with E-state index in [-0.39, 0.29) is 5.38 Å². The Morgan fingerprint density at radius 2 is 1.58 bits per heavy atom. The van der Waals surface area contributed by atoms with E-state index in [1.54, 1.807) is 0 Å². The Balaban J connectivity index is 0.000000312. The van der Waals surface area contributed by atoms with Gasteiger partial charge in [0, 0.05) is 4.32 Å². The second-order valence-corrected chi connectivity index (χ2v) is 8.42. The van der Waals surface area contributed by atoms with Crippen LogP contribution in [0, 0.1) is 0 Å². The maximum absolute atomic E-state index is 6.27. The van der Waals surface area contributed by atoms with Crippen molar-refractivity contribution in [2.24, 2.45) is 0 Å². The summed E-state index contributed by atoms with van der Waals surface area (Å²) in [5.41, 5.74) is 1.24. The summed E-state index contributed by atoms with van der Waals surface area (Å²) in [4.78, 5) is 0. The Labute approximate surface area is 130 Å². The summed E-state index contributed by atoms with van der Waals surface area (Å²) >= 11 is 9.64. The van der Waals surface area contributed by atoms with Crippen LogP contribution in [-0.4, -0.2) is 4.32 Å². The molecule has 2 heteroatoms. The van der Waals surface area contributed by atoms with E-state index in [9.17, 15) is 0 Å². The second-order valence-electron chi connectivity index (χ2n) is 5.51. The molecule has 0 aromatic heterocycles. The molecule has 1 atom stereocenters. The van der Waals surface area contributed by atoms with Crippen LogP contribution >= 0.6 is 27.5 Å². The SMILES string of the molecule is CC(C)(C)Br.CCC(Cl)c1cccc2ccccc12. The van der Waals surface area contributed by atoms with Gasteiger partial charge in [-0.2, -0.15) is 0 Å². The van der Waals surface area contributed by atoms with Crippen molar-refractivity contribution in [3.63, 3.8) is 0 Å². The molecule has 0 N–H and O–H groups in total. The molecular formula is C17H22BrCl. The molecule has 0 nitrogen and oxygen atoms in total. The van der Waals surface area contributed by atoms with Gasteiger partial charge in [0.15, 0.2) is 0 Å². The van der Waals surface area contributed by atoms with Crippen molar-refractivity contribution < 1.29 is 0 Å². The van der Waals surface area contributed by atoms with Crippen LogP contribution in [0.1, 0.15) is 45.1 Å². The highest BCUT2D eigenvalue weighted by Crippen LogP contribution is 2.30. The molecule has 0 amide bonds. The molecule has 19 heavy (non-hydrogen) atoms. The molecule has 104 valence electrons. The molecule has 0 fully saturated rings. The van der Waals surface area contributed by atoms with Gasteiger partial charge in [0.25, 0.3) is 0 Å². The molecule has 0 spiro atoms. The van der Waals surface area contributed by atoms with E-state index in [1.165, 1.54) is 16.3 Å². The van der Waals surface area contributed by atoms with Gasteiger partial charge >= 0.3 is 0 Å². The monoisotopic (exact) mass is 340 g/mol. The van der Waals surface area contributed by atoms with Crippen LogP contribution < -0.4 is 0 Å². The van der Waals surface area contributed by atoms with Gasteiger partial charge < -0.3 is 0 Å². The number of fused-ring (bicyclic) bond motifs is 1. The molecule has 0 aliphatic heterocycles. The molecule has 0 aliphatic carbocycles. The fourth-order valence-electron chi connectivity index (χ4n) is 1.74. The number of rotatable bonds is 2. The van der Waals surface area contributed by atoms with Gasteiger partial charge in [0.1, 0.15) is 0 Å². The predicted octanol–water partition coefficient (Wildman–Crippen LogP) is 6.71. The molecular weight excluding hydrogens is 320 g/mol. The molecule has 0 aliphatic rings. The van der Waals surface area contributed by atoms with Crippen molar-refractivity contribution in [3.05, 3.63) is 48.0 Å². The highest BCUT2D eigenvalue weighted by Gasteiger charge is 2.07. The normalized spacial score (nSPS) is 12.7. The average molecular weight is 342 g/mol. The molecule has 0 bridgehead atoms. The van der Waals surface area contributed by atoms with Gasteiger partial charge in [-0.05, 0) is 22.8 Å². The Morgan fingerprint density at radius 1 is 1.05 bits per heavy atom. The lowest BCUT2D eigenvalue weighted by molar-refractivity contribution is 0.824. The number of hydrogen-bond donors (Lipinski definition) is 0. The summed E-state index contributed by atoms with van der Waals surface area (Å²) in [6.07, 6.45) is 0.968. The molecule has 2 aromatic carbocycles. The highest BCUT2D eigenvalue weighted by molar-refractivity contribution is 9.10. The first-order valence-corrected chi connectivity index (χ1v) is 7.86. The summed E-state index contributed by atoms with van der Waals surface area (Å²) in [6.45, 7) is 8.42. The van der Waals surface area contributed by atoms with E-state index in [0.29, 0.717) is 4.32 Å². The first-order valence-electron chi connectivity index (χ1n) is 6.63. The van der Waals surface area contributed by atoms with Gasteiger partial charge in [0.2, 0.25) is 0 Å². The van der Waals surface area contributed by atoms with E-state index in [1.807, 2.05) is 0 Å². The summed E-state index contributed by atoms with van der Waals surface area (Å²) in [5, 5.41) is 2.67. The summed E-state index contributed by atoms with van der Waals surface area (Å²) in [7, 11) is 0. The van der Waals surface area contributed by atoms with Crippen molar-refractivity contribution in [3.8, 4) is 0 Å². The zero-order chi connectivity index (χ0) is 14.5. The number of halogens is 2. The third kappa shape index (κ3) is 5.97. The lowest BCUT2D eigenvalue weighted by Gasteiger charge is -2.10. The smallest absolute Gasteiger partial charge is 0.0588 e. The van der Waals surface area contributed by atoms with Gasteiger partial charge in [-0.1, -0.05) is 86.1 Å². The fourth-order valence-corrected chi connectivity index (χ4v) is 1.93. The van der Waals surface area contributed by atoms with E-state index in [4.69, 9.17) is 11.6 Å². The minimum Gasteiger partial charge on any atom is -0.118 e. The highest BCUT2D eigenvalue weighted by atomic mass is 79.9. The van der Waals surface area contributed by atoms with Crippen LogP contribution in [0.15, 0.2) is 42.5 Å². The maximum Gasteiger partial charge on any atom is 0.0588 e. The molecule has 2 aromatic rings. The first kappa shape index (κ1) is 16.5. The van der Waals surface area contributed by atoms with Crippen LogP contribution in [-0.2, 0) is 0 Å². The predicted molar refractivity (Wildman–Crippen MR) is 91.5 cm³/mol. The average Bonchev–Trinajstić information content (AvgIpc) is 2.35. The second kappa shape index (κ2) is 7.31. The van der Waals surface area contributed by atoms with E-state index in [2.05, 4.69) is 86.1 Å². The lowest BCUT2D eigenvalue weighted by Crippen LogP contribution is -1.97. The zero-order valence-electron chi connectivity index (χ0n) is 12.1. The van der Waals surface area contributed by atoms with Gasteiger partial charge in [-0.3, -0.25) is 0 Å². The number of benzene rings is 2. The van der Waals surface area contributed by atoms with Crippen LogP contribution in [0.25, 0.3) is 10.8 Å². The summed E-state index contributed by atoms with van der Waals surface area (Å²) in [5.74, 6) is 0. The molecule has 0 radical (unpaired) electrons. The Hall–Kier alpha value is -0.530. The molecule has 0 saturated heterocycles. The number of alkyl halides is 2. The van der Waals surface area contributed by atoms with E-state index < -0.39 is 0 Å². The van der Waals surface area contributed by atoms with Crippen LogP contribution in [0.3, 0.4) is 0 Å². The van der Waals surface area contributed by atoms with Gasteiger partial charge in [0.05, 0.1) is 5.38 Å². The van der Waals surface area contributed by atoms with Crippen molar-refractivity contribution >= 4 is 38.3 Å². The lowest BCUT2D eigenvalue weighted by atomic mass is 10.0. The third-order valence-electron chi connectivity index (χ3n) is 2.52. The van der Waals surface area contributed by atoms with Crippen LogP contribution in [0.4, 0.5) is 0 Å². The summed E-state index contributed by atoms with van der Waals surface area (Å²) < 4.78 is 0.312. The Morgan fingerprint density at radius 3 is 2.16 bits per heavy atom. The first-order chi connectivity index (χ1) is 8.83. The minimum absolute atomic E-state index is 0.126. The zero-order valence-corrected chi connectivity index (χ0v) is 14.4. The van der Waals surface area contributed by atoms with Crippen molar-refractivity contribution in [1.29, 1.82) is 0 Å². The quantitative estimate of drug-likeness (QED) is 0.532. The molecule has 0 saturated carbocycles. The molecule has 1 unspecified atom stereocenters. The van der Waals surface area contributed by atoms with Crippen LogP contribution in [0.2, 0.25) is 0 Å². The van der Waals surface area contributed by atoms with Gasteiger partial charge in [-0.25, -0.2) is 0 Å². The Kier molecular flexibility index (Phi) is 6.35. The topological polar surface area (TPSA) is 0 Å². The minimum atomic E-state index is 0.126. The van der Waals surface area contributed by atoms with Crippen LogP contribution in [0.5, 0.6) is 0 Å². The van der Waals surface area contributed by atoms with E-state index >= 15 is 0 Å². The third-order valence-corrected chi connectivity index (χ3v) is 3.06. The molecule has 0 heterocycles. The largest absolute Gasteiger partial charge is 0.118 e. The van der Waals surface area contributed by atoms with Crippen molar-refractivity contribution in [2.45, 2.75) is 43.8 Å². The van der Waals surface area contributed by atoms with Gasteiger partial charge in [-0.15, -0.1) is 11.6 Å². The standard InChI is InChI=1S/C13H13Cl.C4H9Br/c1-2-13(14)12-9-5-7-10-6-3-4-8-11(10)12;1-4(2,3)5/h3-9,13H,2H2,1H3;1-3H3. The number of hydrogen-bond acceptors (Lipinski definition) is 0. The van der Waals surface area contributed by atoms with E-state index in [0.717, 1.165) is 6.42 Å². The van der Waals surface area contributed by atoms with Crippen molar-refractivity contribution in [1.82, 2.24) is 0 Å². The molecule has 2 rings (SSSR count). The summed E-state index contributed by atoms with van der Waals surface area (Å²) in [6, 6.07) is 14.7. The Bertz CT molecular complexity index is 503.